The van der Waals surface area contributed by atoms with Crippen LogP contribution in [0.1, 0.15) is 5.69 Å². The number of aromatic nitrogens is 3. The summed E-state index contributed by atoms with van der Waals surface area (Å²) in [6.45, 7) is 0.145. The number of nitrogens with zero attached hydrogens (tertiary/aromatic N) is 3. The zero-order valence-electron chi connectivity index (χ0n) is 8.59. The van der Waals surface area contributed by atoms with Crippen LogP contribution in [0.2, 0.25) is 0 Å². The van der Waals surface area contributed by atoms with Crippen molar-refractivity contribution >= 4 is 0 Å². The molecule has 0 unspecified atom stereocenters. The third-order valence-corrected chi connectivity index (χ3v) is 2.37. The lowest BCUT2D eigenvalue weighted by Crippen LogP contribution is -2.01. The van der Waals surface area contributed by atoms with Gasteiger partial charge in [-0.25, -0.2) is 4.98 Å². The van der Waals surface area contributed by atoms with Crippen molar-refractivity contribution in [1.29, 1.82) is 0 Å². The van der Waals surface area contributed by atoms with Crippen LogP contribution in [0, 0.1) is 0 Å². The topological polar surface area (TPSA) is 50.9 Å². The molecule has 0 amide bonds. The summed E-state index contributed by atoms with van der Waals surface area (Å²) in [4.78, 5) is 8.37. The average Bonchev–Trinajstić information content (AvgIpc) is 2.63. The van der Waals surface area contributed by atoms with Gasteiger partial charge in [-0.15, -0.1) is 0 Å². The van der Waals surface area contributed by atoms with E-state index in [9.17, 15) is 0 Å². The summed E-state index contributed by atoms with van der Waals surface area (Å²) in [5.74, 6) is 0.881. The van der Waals surface area contributed by atoms with Gasteiger partial charge < -0.3 is 9.67 Å². The maximum atomic E-state index is 8.87. The molecule has 0 saturated carbocycles. The van der Waals surface area contributed by atoms with Crippen molar-refractivity contribution in [3.05, 3.63) is 36.4 Å². The molecule has 0 aliphatic rings. The van der Waals surface area contributed by atoms with E-state index >= 15 is 0 Å². The van der Waals surface area contributed by atoms with Crippen LogP contribution in [-0.4, -0.2) is 26.2 Å². The predicted octanol–water partition coefficient (Wildman–Crippen LogP) is 1.02. The minimum Gasteiger partial charge on any atom is -0.396 e. The first-order chi connectivity index (χ1) is 7.33. The molecular weight excluding hydrogens is 190 g/mol. The Morgan fingerprint density at radius 1 is 1.40 bits per heavy atom. The highest BCUT2D eigenvalue weighted by Gasteiger charge is 2.07. The lowest BCUT2D eigenvalue weighted by Gasteiger charge is -2.04. The van der Waals surface area contributed by atoms with E-state index in [1.807, 2.05) is 23.7 Å². The molecule has 2 aromatic rings. The maximum absolute atomic E-state index is 8.87. The van der Waals surface area contributed by atoms with Gasteiger partial charge in [0.25, 0.3) is 0 Å². The highest BCUT2D eigenvalue weighted by Crippen LogP contribution is 2.17. The van der Waals surface area contributed by atoms with Crippen LogP contribution in [0.4, 0.5) is 0 Å². The summed E-state index contributed by atoms with van der Waals surface area (Å²) in [7, 11) is 1.94. The van der Waals surface area contributed by atoms with E-state index < -0.39 is 0 Å². The number of hydrogen-bond acceptors (Lipinski definition) is 3. The highest BCUT2D eigenvalue weighted by atomic mass is 16.3. The van der Waals surface area contributed by atoms with Gasteiger partial charge in [0, 0.05) is 49.9 Å². The van der Waals surface area contributed by atoms with Gasteiger partial charge in [0.1, 0.15) is 5.82 Å². The SMILES string of the molecule is Cn1c(CCO)cnc1-c1cccnc1. The van der Waals surface area contributed by atoms with Gasteiger partial charge in [-0.3, -0.25) is 4.98 Å². The zero-order valence-corrected chi connectivity index (χ0v) is 8.59. The summed E-state index contributed by atoms with van der Waals surface area (Å²) in [5, 5.41) is 8.87. The monoisotopic (exact) mass is 203 g/mol. The Balaban J connectivity index is 2.38. The van der Waals surface area contributed by atoms with Crippen molar-refractivity contribution in [3.63, 3.8) is 0 Å². The predicted molar refractivity (Wildman–Crippen MR) is 57.2 cm³/mol. The van der Waals surface area contributed by atoms with E-state index in [0.29, 0.717) is 6.42 Å². The Labute approximate surface area is 88.2 Å². The lowest BCUT2D eigenvalue weighted by atomic mass is 10.2. The normalized spacial score (nSPS) is 10.5. The van der Waals surface area contributed by atoms with Crippen LogP contribution in [-0.2, 0) is 13.5 Å². The summed E-state index contributed by atoms with van der Waals surface area (Å²) in [5.41, 5.74) is 2.01. The molecular formula is C11H13N3O. The molecule has 78 valence electrons. The second kappa shape index (κ2) is 4.23. The molecule has 4 heteroatoms. The van der Waals surface area contributed by atoms with Crippen LogP contribution in [0.5, 0.6) is 0 Å². The number of rotatable bonds is 3. The molecule has 15 heavy (non-hydrogen) atoms. The Bertz CT molecular complexity index is 436. The minimum atomic E-state index is 0.145. The Hall–Kier alpha value is -1.68. The third-order valence-electron chi connectivity index (χ3n) is 2.37. The molecule has 0 bridgehead atoms. The summed E-state index contributed by atoms with van der Waals surface area (Å²) in [6, 6.07) is 3.85. The van der Waals surface area contributed by atoms with E-state index in [1.165, 1.54) is 0 Å². The van der Waals surface area contributed by atoms with Crippen LogP contribution in [0.25, 0.3) is 11.4 Å². The lowest BCUT2D eigenvalue weighted by molar-refractivity contribution is 0.297. The molecule has 0 saturated heterocycles. The van der Waals surface area contributed by atoms with E-state index in [2.05, 4.69) is 9.97 Å². The molecule has 0 aliphatic carbocycles. The molecule has 1 N–H and O–H groups in total. The average molecular weight is 203 g/mol. The zero-order chi connectivity index (χ0) is 10.7. The van der Waals surface area contributed by atoms with Gasteiger partial charge in [-0.1, -0.05) is 0 Å². The second-order valence-electron chi connectivity index (χ2n) is 3.35. The highest BCUT2D eigenvalue weighted by molar-refractivity contribution is 5.54. The number of pyridine rings is 1. The fourth-order valence-electron chi connectivity index (χ4n) is 1.55. The van der Waals surface area contributed by atoms with Crippen molar-refractivity contribution in [3.8, 4) is 11.4 Å². The fraction of sp³-hybridized carbons (Fsp3) is 0.273. The number of imidazole rings is 1. The summed E-state index contributed by atoms with van der Waals surface area (Å²) < 4.78 is 1.98. The summed E-state index contributed by atoms with van der Waals surface area (Å²) >= 11 is 0. The Morgan fingerprint density at radius 3 is 2.93 bits per heavy atom. The molecule has 4 nitrogen and oxygen atoms in total. The summed E-state index contributed by atoms with van der Waals surface area (Å²) in [6.07, 6.45) is 5.94. The van der Waals surface area contributed by atoms with Gasteiger partial charge in [0.2, 0.25) is 0 Å². The van der Waals surface area contributed by atoms with Crippen LogP contribution >= 0.6 is 0 Å². The van der Waals surface area contributed by atoms with Crippen LogP contribution in [0.15, 0.2) is 30.7 Å². The van der Waals surface area contributed by atoms with Gasteiger partial charge >= 0.3 is 0 Å². The van der Waals surface area contributed by atoms with Crippen LogP contribution < -0.4 is 0 Å². The quantitative estimate of drug-likeness (QED) is 0.810. The van der Waals surface area contributed by atoms with Crippen molar-refractivity contribution in [2.24, 2.45) is 7.05 Å². The molecule has 0 aromatic carbocycles. The molecule has 0 aliphatic heterocycles. The molecule has 0 radical (unpaired) electrons. The Morgan fingerprint density at radius 2 is 2.27 bits per heavy atom. The largest absolute Gasteiger partial charge is 0.396 e. The maximum Gasteiger partial charge on any atom is 0.141 e. The fourth-order valence-corrected chi connectivity index (χ4v) is 1.55. The van der Waals surface area contributed by atoms with Crippen molar-refractivity contribution in [2.45, 2.75) is 6.42 Å². The second-order valence-corrected chi connectivity index (χ2v) is 3.35. The van der Waals surface area contributed by atoms with Gasteiger partial charge in [0.15, 0.2) is 0 Å². The molecule has 2 aromatic heterocycles. The van der Waals surface area contributed by atoms with Crippen molar-refractivity contribution < 1.29 is 5.11 Å². The molecule has 0 fully saturated rings. The Kier molecular flexibility index (Phi) is 2.78. The first-order valence-electron chi connectivity index (χ1n) is 4.85. The standard InChI is InChI=1S/C11H13N3O/c1-14-10(4-6-15)8-13-11(14)9-3-2-5-12-7-9/h2-3,5,7-8,15H,4,6H2,1H3. The van der Waals surface area contributed by atoms with Crippen LogP contribution in [0.3, 0.4) is 0 Å². The first kappa shape index (κ1) is 9.86. The van der Waals surface area contributed by atoms with E-state index in [0.717, 1.165) is 17.1 Å². The van der Waals surface area contributed by atoms with Crippen molar-refractivity contribution in [2.75, 3.05) is 6.61 Å². The van der Waals surface area contributed by atoms with Crippen molar-refractivity contribution in [1.82, 2.24) is 14.5 Å². The van der Waals surface area contributed by atoms with E-state index in [4.69, 9.17) is 5.11 Å². The first-order valence-corrected chi connectivity index (χ1v) is 4.85. The molecule has 0 spiro atoms. The van der Waals surface area contributed by atoms with Gasteiger partial charge in [-0.05, 0) is 12.1 Å². The van der Waals surface area contributed by atoms with Gasteiger partial charge in [-0.2, -0.15) is 0 Å². The number of aliphatic hydroxyl groups is 1. The molecule has 2 heterocycles. The molecule has 0 atom stereocenters. The van der Waals surface area contributed by atoms with E-state index in [-0.39, 0.29) is 6.61 Å². The minimum absolute atomic E-state index is 0.145. The third kappa shape index (κ3) is 1.89. The molecule has 2 rings (SSSR count). The smallest absolute Gasteiger partial charge is 0.141 e. The number of hydrogen-bond donors (Lipinski definition) is 1. The van der Waals surface area contributed by atoms with E-state index in [1.54, 1.807) is 18.6 Å². The van der Waals surface area contributed by atoms with Gasteiger partial charge in [0.05, 0.1) is 0 Å². The number of aliphatic hydroxyl groups excluding tert-OH is 1.